The smallest absolute Gasteiger partial charge is 0.277 e. The van der Waals surface area contributed by atoms with Gasteiger partial charge in [-0.3, -0.25) is 9.59 Å². The van der Waals surface area contributed by atoms with Crippen LogP contribution >= 0.6 is 0 Å². The summed E-state index contributed by atoms with van der Waals surface area (Å²) in [7, 11) is 0. The molecular formula is C26H27N3O4. The fourth-order valence-corrected chi connectivity index (χ4v) is 2.98. The molecule has 0 aliphatic carbocycles. The zero-order valence-electron chi connectivity index (χ0n) is 18.7. The van der Waals surface area contributed by atoms with Crippen molar-refractivity contribution in [2.75, 3.05) is 13.2 Å². The number of ether oxygens (including phenoxy) is 2. The molecule has 0 radical (unpaired) electrons. The molecule has 7 nitrogen and oxygen atoms in total. The fourth-order valence-electron chi connectivity index (χ4n) is 2.98. The van der Waals surface area contributed by atoms with E-state index >= 15 is 0 Å². The molecule has 3 rings (SSSR count). The van der Waals surface area contributed by atoms with Gasteiger partial charge in [0.25, 0.3) is 11.8 Å². The average molecular weight is 446 g/mol. The molecule has 1 atom stereocenters. The van der Waals surface area contributed by atoms with Gasteiger partial charge in [-0.25, -0.2) is 5.43 Å². The highest BCUT2D eigenvalue weighted by molar-refractivity contribution is 5.83. The van der Waals surface area contributed by atoms with E-state index in [4.69, 9.17) is 9.47 Å². The van der Waals surface area contributed by atoms with E-state index in [1.165, 1.54) is 6.21 Å². The summed E-state index contributed by atoms with van der Waals surface area (Å²) in [5.74, 6) is 0.665. The first-order valence-electron chi connectivity index (χ1n) is 10.6. The molecule has 0 saturated heterocycles. The van der Waals surface area contributed by atoms with Crippen LogP contribution in [0.4, 0.5) is 0 Å². The minimum absolute atomic E-state index is 0.0818. The molecule has 0 fully saturated rings. The second-order valence-corrected chi connectivity index (χ2v) is 7.40. The molecule has 3 aromatic carbocycles. The highest BCUT2D eigenvalue weighted by atomic mass is 16.5. The van der Waals surface area contributed by atoms with E-state index in [1.54, 1.807) is 24.3 Å². The largest absolute Gasteiger partial charge is 0.484 e. The van der Waals surface area contributed by atoms with Gasteiger partial charge in [-0.1, -0.05) is 48.5 Å². The molecule has 7 heteroatoms. The molecule has 0 aliphatic rings. The van der Waals surface area contributed by atoms with Gasteiger partial charge < -0.3 is 14.8 Å². The fraction of sp³-hybridized carbons (Fsp3) is 0.192. The number of benzene rings is 3. The highest BCUT2D eigenvalue weighted by Crippen LogP contribution is 2.16. The van der Waals surface area contributed by atoms with Crippen LogP contribution in [0.2, 0.25) is 0 Å². The summed E-state index contributed by atoms with van der Waals surface area (Å²) < 4.78 is 11.0. The maximum atomic E-state index is 12.1. The number of amides is 2. The minimum Gasteiger partial charge on any atom is -0.484 e. The number of aryl methyl sites for hydroxylation is 1. The summed E-state index contributed by atoms with van der Waals surface area (Å²) in [4.78, 5) is 24.0. The third kappa shape index (κ3) is 7.81. The van der Waals surface area contributed by atoms with Crippen LogP contribution in [0.3, 0.4) is 0 Å². The number of carbonyl (C=O) groups excluding carboxylic acids is 2. The van der Waals surface area contributed by atoms with Crippen LogP contribution in [-0.2, 0) is 9.59 Å². The SMILES string of the molecule is Cc1ccccc1OCC(=O)N/N=C\c1ccc(OCC(=O)N[C@@H](C)c2ccccc2)cc1. The molecule has 33 heavy (non-hydrogen) atoms. The van der Waals surface area contributed by atoms with E-state index < -0.39 is 0 Å². The Balaban J connectivity index is 1.38. The van der Waals surface area contributed by atoms with Crippen molar-refractivity contribution in [3.63, 3.8) is 0 Å². The van der Waals surface area contributed by atoms with Gasteiger partial charge in [0.05, 0.1) is 12.3 Å². The molecule has 170 valence electrons. The summed E-state index contributed by atoms with van der Waals surface area (Å²) in [5.41, 5.74) is 5.19. The number of nitrogens with zero attached hydrogens (tertiary/aromatic N) is 1. The Bertz CT molecular complexity index is 1080. The summed E-state index contributed by atoms with van der Waals surface area (Å²) >= 11 is 0. The van der Waals surface area contributed by atoms with Crippen molar-refractivity contribution in [2.45, 2.75) is 19.9 Å². The van der Waals surface area contributed by atoms with Crippen LogP contribution in [-0.4, -0.2) is 31.2 Å². The van der Waals surface area contributed by atoms with E-state index in [2.05, 4.69) is 15.8 Å². The molecular weight excluding hydrogens is 418 g/mol. The first kappa shape index (κ1) is 23.5. The van der Waals surface area contributed by atoms with Crippen molar-refractivity contribution >= 4 is 18.0 Å². The molecule has 2 N–H and O–H groups in total. The van der Waals surface area contributed by atoms with Gasteiger partial charge in [0.15, 0.2) is 13.2 Å². The predicted molar refractivity (Wildman–Crippen MR) is 127 cm³/mol. The van der Waals surface area contributed by atoms with Crippen LogP contribution < -0.4 is 20.2 Å². The third-order valence-corrected chi connectivity index (χ3v) is 4.78. The quantitative estimate of drug-likeness (QED) is 0.367. The molecule has 0 aromatic heterocycles. The van der Waals surface area contributed by atoms with E-state index in [1.807, 2.05) is 68.4 Å². The number of nitrogens with one attached hydrogen (secondary N) is 2. The Kier molecular flexibility index (Phi) is 8.59. The van der Waals surface area contributed by atoms with E-state index in [0.717, 1.165) is 16.7 Å². The molecule has 0 spiro atoms. The number of hydrazone groups is 1. The lowest BCUT2D eigenvalue weighted by atomic mass is 10.1. The number of rotatable bonds is 10. The van der Waals surface area contributed by atoms with E-state index in [9.17, 15) is 9.59 Å². The lowest BCUT2D eigenvalue weighted by Crippen LogP contribution is -2.31. The van der Waals surface area contributed by atoms with Gasteiger partial charge in [-0.15, -0.1) is 0 Å². The Labute approximate surface area is 193 Å². The first-order chi connectivity index (χ1) is 16.0. The van der Waals surface area contributed by atoms with Crippen LogP contribution in [0.1, 0.15) is 29.7 Å². The highest BCUT2D eigenvalue weighted by Gasteiger charge is 2.09. The average Bonchev–Trinajstić information content (AvgIpc) is 2.83. The van der Waals surface area contributed by atoms with Gasteiger partial charge in [-0.2, -0.15) is 5.10 Å². The molecule has 0 unspecified atom stereocenters. The number of hydrogen-bond acceptors (Lipinski definition) is 5. The molecule has 0 aliphatic heterocycles. The third-order valence-electron chi connectivity index (χ3n) is 4.78. The molecule has 0 heterocycles. The summed E-state index contributed by atoms with van der Waals surface area (Å²) in [6.07, 6.45) is 1.52. The van der Waals surface area contributed by atoms with Gasteiger partial charge in [0.2, 0.25) is 0 Å². The van der Waals surface area contributed by atoms with Crippen molar-refractivity contribution in [3.8, 4) is 11.5 Å². The van der Waals surface area contributed by atoms with Gasteiger partial charge in [-0.05, 0) is 60.9 Å². The van der Waals surface area contributed by atoms with Gasteiger partial charge >= 0.3 is 0 Å². The summed E-state index contributed by atoms with van der Waals surface area (Å²) in [5, 5.41) is 6.84. The Hall–Kier alpha value is -4.13. The van der Waals surface area contributed by atoms with Crippen LogP contribution in [0.15, 0.2) is 84.0 Å². The topological polar surface area (TPSA) is 89.0 Å². The van der Waals surface area contributed by atoms with E-state index in [-0.39, 0.29) is 31.1 Å². The predicted octanol–water partition coefficient (Wildman–Crippen LogP) is 3.78. The Morgan fingerprint density at radius 1 is 0.879 bits per heavy atom. The van der Waals surface area contributed by atoms with Crippen molar-refractivity contribution in [3.05, 3.63) is 95.6 Å². The monoisotopic (exact) mass is 445 g/mol. The second-order valence-electron chi connectivity index (χ2n) is 7.40. The van der Waals surface area contributed by atoms with Crippen LogP contribution in [0.25, 0.3) is 0 Å². The summed E-state index contributed by atoms with van der Waals surface area (Å²) in [6, 6.07) is 24.1. The number of carbonyl (C=O) groups is 2. The lowest BCUT2D eigenvalue weighted by Gasteiger charge is -2.14. The Morgan fingerprint density at radius 3 is 2.27 bits per heavy atom. The van der Waals surface area contributed by atoms with Crippen LogP contribution in [0.5, 0.6) is 11.5 Å². The lowest BCUT2D eigenvalue weighted by molar-refractivity contribution is -0.124. The zero-order valence-corrected chi connectivity index (χ0v) is 18.7. The molecule has 2 amide bonds. The first-order valence-corrected chi connectivity index (χ1v) is 10.6. The van der Waals surface area contributed by atoms with E-state index in [0.29, 0.717) is 11.5 Å². The van der Waals surface area contributed by atoms with Crippen molar-refractivity contribution in [2.24, 2.45) is 5.10 Å². The normalized spacial score (nSPS) is 11.6. The number of hydrogen-bond donors (Lipinski definition) is 2. The standard InChI is InChI=1S/C26H27N3O4/c1-19-8-6-7-11-24(19)33-18-26(31)29-27-16-21-12-14-23(15-13-21)32-17-25(30)28-20(2)22-9-4-3-5-10-22/h3-16,20H,17-18H2,1-2H3,(H,28,30)(H,29,31)/b27-16-/t20-/m0/s1. The molecule has 0 bridgehead atoms. The summed E-state index contributed by atoms with van der Waals surface area (Å²) in [6.45, 7) is 3.63. The Morgan fingerprint density at radius 2 is 1.55 bits per heavy atom. The van der Waals surface area contributed by atoms with Crippen LogP contribution in [0, 0.1) is 6.92 Å². The molecule has 3 aromatic rings. The maximum Gasteiger partial charge on any atom is 0.277 e. The van der Waals surface area contributed by atoms with Crippen molar-refractivity contribution in [1.29, 1.82) is 0 Å². The van der Waals surface area contributed by atoms with Gasteiger partial charge in [0, 0.05) is 0 Å². The number of para-hydroxylation sites is 1. The zero-order chi connectivity index (χ0) is 23.5. The maximum absolute atomic E-state index is 12.1. The molecule has 0 saturated carbocycles. The minimum atomic E-state index is -0.356. The van der Waals surface area contributed by atoms with Gasteiger partial charge in [0.1, 0.15) is 11.5 Å². The second kappa shape index (κ2) is 12.0. The van der Waals surface area contributed by atoms with Crippen molar-refractivity contribution in [1.82, 2.24) is 10.7 Å². The van der Waals surface area contributed by atoms with Crippen molar-refractivity contribution < 1.29 is 19.1 Å².